The molecule has 7 heteroatoms. The van der Waals surface area contributed by atoms with Crippen LogP contribution in [-0.4, -0.2) is 30.2 Å². The fraction of sp³-hybridized carbons (Fsp3) is 0.0500. The molecule has 2 N–H and O–H groups in total. The third kappa shape index (κ3) is 4.43. The van der Waals surface area contributed by atoms with Crippen molar-refractivity contribution in [2.45, 2.75) is 0 Å². The average molecular weight is 398 g/mol. The van der Waals surface area contributed by atoms with E-state index in [9.17, 15) is 19.1 Å². The van der Waals surface area contributed by atoms with Crippen molar-refractivity contribution >= 4 is 37.4 Å². The van der Waals surface area contributed by atoms with Crippen molar-refractivity contribution in [3.63, 3.8) is 0 Å². The molecule has 3 aromatic rings. The molecule has 3 aromatic carbocycles. The predicted molar refractivity (Wildman–Crippen MR) is 107 cm³/mol. The summed E-state index contributed by atoms with van der Waals surface area (Å²) < 4.78 is 17.3. The fourth-order valence-corrected chi connectivity index (χ4v) is 7.34. The van der Waals surface area contributed by atoms with Gasteiger partial charge < -0.3 is 14.2 Å². The maximum Gasteiger partial charge on any atom is 0.350 e. The molecule has 0 fully saturated rings. The molecule has 0 amide bonds. The minimum absolute atomic E-state index is 0.821. The Hall–Kier alpha value is -2.50. The normalized spacial score (nSPS) is 11.8. The lowest BCUT2D eigenvalue weighted by Crippen LogP contribution is -2.70. The van der Waals surface area contributed by atoms with Crippen LogP contribution in [0.25, 0.3) is 0 Å². The Morgan fingerprint density at radius 3 is 1.37 bits per heavy atom. The highest BCUT2D eigenvalue weighted by Gasteiger charge is 2.45. The number of hydrogen-bond donors (Lipinski definition) is 2. The highest BCUT2D eigenvalue weighted by atomic mass is 31.2. The van der Waals surface area contributed by atoms with E-state index >= 15 is 0 Å². The fourth-order valence-electron chi connectivity index (χ4n) is 3.07. The number of rotatable bonds is 6. The van der Waals surface area contributed by atoms with Gasteiger partial charge in [0.25, 0.3) is 0 Å². The van der Waals surface area contributed by atoms with Gasteiger partial charge in [0.05, 0.1) is 0 Å². The van der Waals surface area contributed by atoms with Gasteiger partial charge in [0, 0.05) is 0 Å². The first kappa shape index (κ1) is 19.3. The molecule has 0 heterocycles. The average Bonchev–Trinajstić information content (AvgIpc) is 2.67. The molecule has 0 atom stereocenters. The molecule has 3 rings (SSSR count). The molecule has 5 nitrogen and oxygen atoms in total. The van der Waals surface area contributed by atoms with Crippen molar-refractivity contribution in [2.24, 2.45) is 0 Å². The second-order valence-electron chi connectivity index (χ2n) is 6.08. The highest BCUT2D eigenvalue weighted by molar-refractivity contribution is 7.52. The topological polar surface area (TPSA) is 83.8 Å². The van der Waals surface area contributed by atoms with Gasteiger partial charge in [-0.2, -0.15) is 0 Å². The molecule has 0 saturated carbocycles. The van der Waals surface area contributed by atoms with E-state index < -0.39 is 28.0 Å². The highest BCUT2D eigenvalue weighted by Crippen LogP contribution is 2.34. The smallest absolute Gasteiger partial charge is 0.350 e. The van der Waals surface area contributed by atoms with E-state index in [0.717, 1.165) is 15.6 Å². The minimum atomic E-state index is -4.53. The zero-order valence-electron chi connectivity index (χ0n) is 14.4. The van der Waals surface area contributed by atoms with E-state index in [0.29, 0.717) is 0 Å². The van der Waals surface area contributed by atoms with E-state index in [1.807, 2.05) is 91.0 Å². The van der Waals surface area contributed by atoms with Crippen LogP contribution in [0.15, 0.2) is 91.0 Å². The Balaban J connectivity index is 2.23. The van der Waals surface area contributed by atoms with Gasteiger partial charge in [-0.3, -0.25) is 9.36 Å². The maximum absolute atomic E-state index is 12.5. The third-order valence-corrected chi connectivity index (χ3v) is 8.79. The first-order valence-corrected chi connectivity index (χ1v) is 12.1. The molecule has 0 bridgehead atoms. The lowest BCUT2D eigenvalue weighted by Gasteiger charge is -2.32. The number of carbonyl (C=O) groups excluding carboxylic acids is 1. The molecule has 0 aliphatic heterocycles. The van der Waals surface area contributed by atoms with Crippen LogP contribution >= 0.6 is 7.60 Å². The summed E-state index contributed by atoms with van der Waals surface area (Å²) in [5, 5.41) is 2.46. The Morgan fingerprint density at radius 1 is 0.741 bits per heavy atom. The van der Waals surface area contributed by atoms with E-state index in [4.69, 9.17) is 4.43 Å². The maximum atomic E-state index is 12.5. The summed E-state index contributed by atoms with van der Waals surface area (Å²) in [6.07, 6.45) is -0.950. The van der Waals surface area contributed by atoms with Crippen LogP contribution in [-0.2, 0) is 13.8 Å². The van der Waals surface area contributed by atoms with E-state index in [2.05, 4.69) is 0 Å². The van der Waals surface area contributed by atoms with Gasteiger partial charge in [-0.25, -0.2) is 0 Å². The van der Waals surface area contributed by atoms with Gasteiger partial charge in [-0.15, -0.1) is 0 Å². The van der Waals surface area contributed by atoms with E-state index in [1.54, 1.807) is 0 Å². The number of hydrogen-bond acceptors (Lipinski definition) is 3. The lowest BCUT2D eigenvalue weighted by molar-refractivity contribution is -0.132. The first-order chi connectivity index (χ1) is 12.9. The van der Waals surface area contributed by atoms with E-state index in [-0.39, 0.29) is 0 Å². The van der Waals surface area contributed by atoms with Crippen molar-refractivity contribution in [3.8, 4) is 0 Å². The van der Waals surface area contributed by atoms with Crippen molar-refractivity contribution in [1.82, 2.24) is 0 Å². The zero-order valence-corrected chi connectivity index (χ0v) is 16.3. The summed E-state index contributed by atoms with van der Waals surface area (Å²) >= 11 is 0. The summed E-state index contributed by atoms with van der Waals surface area (Å²) in [4.78, 5) is 31.0. The standard InChI is InChI=1S/C20H19O5PSi/c21-20(16-26(22,23)24)25-27(17-10-4-1-5-11-17,18-12-6-2-7-13-18)19-14-8-3-9-15-19/h1-15H,16H2,(H2,22,23,24). The van der Waals surface area contributed by atoms with Gasteiger partial charge in [-0.05, 0) is 15.6 Å². The molecular weight excluding hydrogens is 379 g/mol. The molecule has 0 saturated heterocycles. The number of benzene rings is 3. The second kappa shape index (κ2) is 8.02. The SMILES string of the molecule is O=C(CP(=O)(O)O)O[Si](c1ccccc1)(c1ccccc1)c1ccccc1. The zero-order chi connectivity index (χ0) is 19.3. The van der Waals surface area contributed by atoms with Gasteiger partial charge in [0.15, 0.2) is 0 Å². The molecule has 138 valence electrons. The molecule has 0 spiro atoms. The minimum Gasteiger partial charge on any atom is -0.505 e. The van der Waals surface area contributed by atoms with Gasteiger partial charge in [-0.1, -0.05) is 91.0 Å². The van der Waals surface area contributed by atoms with Crippen molar-refractivity contribution in [3.05, 3.63) is 91.0 Å². The Labute approximate surface area is 158 Å². The van der Waals surface area contributed by atoms with Gasteiger partial charge >= 0.3 is 21.9 Å². The first-order valence-electron chi connectivity index (χ1n) is 8.35. The quantitative estimate of drug-likeness (QED) is 0.372. The Kier molecular flexibility index (Phi) is 5.73. The van der Waals surface area contributed by atoms with Gasteiger partial charge in [0.1, 0.15) is 6.16 Å². The summed E-state index contributed by atoms with van der Waals surface area (Å²) in [5.74, 6) is -0.911. The van der Waals surface area contributed by atoms with Crippen LogP contribution in [0, 0.1) is 0 Å². The molecule has 0 radical (unpaired) electrons. The van der Waals surface area contributed by atoms with Crippen LogP contribution < -0.4 is 15.6 Å². The van der Waals surface area contributed by atoms with Crippen molar-refractivity contribution in [2.75, 3.05) is 6.16 Å². The second-order valence-corrected chi connectivity index (χ2v) is 11.0. The Morgan fingerprint density at radius 2 is 1.07 bits per heavy atom. The summed E-state index contributed by atoms with van der Waals surface area (Å²) in [6, 6.07) is 28.1. The predicted octanol–water partition coefficient (Wildman–Crippen LogP) is 1.37. The van der Waals surface area contributed by atoms with Crippen LogP contribution in [0.2, 0.25) is 0 Å². The molecule has 0 aliphatic rings. The lowest BCUT2D eigenvalue weighted by atomic mass is 10.3. The van der Waals surface area contributed by atoms with Crippen LogP contribution in [0.4, 0.5) is 0 Å². The number of carbonyl (C=O) groups is 1. The van der Waals surface area contributed by atoms with Crippen LogP contribution in [0.5, 0.6) is 0 Å². The monoisotopic (exact) mass is 398 g/mol. The molecule has 0 aromatic heterocycles. The van der Waals surface area contributed by atoms with Crippen molar-refractivity contribution in [1.29, 1.82) is 0 Å². The van der Waals surface area contributed by atoms with E-state index in [1.165, 1.54) is 0 Å². The van der Waals surface area contributed by atoms with Crippen LogP contribution in [0.1, 0.15) is 0 Å². The molecule has 0 unspecified atom stereocenters. The molecular formula is C20H19O5PSi. The summed E-state index contributed by atoms with van der Waals surface area (Å²) in [7, 11) is -7.81. The van der Waals surface area contributed by atoms with Crippen LogP contribution in [0.3, 0.4) is 0 Å². The molecule has 27 heavy (non-hydrogen) atoms. The Bertz CT molecular complexity index is 845. The summed E-state index contributed by atoms with van der Waals surface area (Å²) in [6.45, 7) is 0. The van der Waals surface area contributed by atoms with Gasteiger partial charge in [0.2, 0.25) is 0 Å². The third-order valence-electron chi connectivity index (χ3n) is 4.14. The molecule has 0 aliphatic carbocycles. The largest absolute Gasteiger partial charge is 0.505 e. The summed E-state index contributed by atoms with van der Waals surface area (Å²) in [5.41, 5.74) is 0. The van der Waals surface area contributed by atoms with Crippen molar-refractivity contribution < 1.29 is 23.6 Å².